The SMILES string of the molecule is CS(=O)CCn1ncc2cc(Br)ccc2c1=O. The van der Waals surface area contributed by atoms with Crippen molar-refractivity contribution in [2.24, 2.45) is 0 Å². The molecule has 0 fully saturated rings. The molecule has 0 amide bonds. The topological polar surface area (TPSA) is 52.0 Å². The van der Waals surface area contributed by atoms with E-state index in [1.807, 2.05) is 12.1 Å². The van der Waals surface area contributed by atoms with Crippen molar-refractivity contribution in [2.75, 3.05) is 12.0 Å². The first-order valence-corrected chi connectivity index (χ1v) is 7.55. The maximum absolute atomic E-state index is 12.0. The van der Waals surface area contributed by atoms with Gasteiger partial charge in [-0.3, -0.25) is 9.00 Å². The van der Waals surface area contributed by atoms with Crippen LogP contribution in [0.15, 0.2) is 33.7 Å². The number of aromatic nitrogens is 2. The highest BCUT2D eigenvalue weighted by atomic mass is 79.9. The third-order valence-electron chi connectivity index (χ3n) is 2.41. The minimum atomic E-state index is -0.919. The number of nitrogens with zero attached hydrogens (tertiary/aromatic N) is 2. The van der Waals surface area contributed by atoms with Gasteiger partial charge in [0, 0.05) is 32.7 Å². The third-order valence-corrected chi connectivity index (χ3v) is 3.66. The quantitative estimate of drug-likeness (QED) is 0.863. The lowest BCUT2D eigenvalue weighted by molar-refractivity contribution is 0.618. The Kier molecular flexibility index (Phi) is 3.73. The van der Waals surface area contributed by atoms with Gasteiger partial charge in [0.1, 0.15) is 0 Å². The van der Waals surface area contributed by atoms with E-state index in [4.69, 9.17) is 0 Å². The van der Waals surface area contributed by atoms with E-state index < -0.39 is 10.8 Å². The number of hydrogen-bond donors (Lipinski definition) is 0. The van der Waals surface area contributed by atoms with E-state index in [1.54, 1.807) is 18.5 Å². The predicted octanol–water partition coefficient (Wildman–Crippen LogP) is 1.54. The summed E-state index contributed by atoms with van der Waals surface area (Å²) in [5, 5.41) is 5.50. The number of fused-ring (bicyclic) bond motifs is 1. The lowest BCUT2D eigenvalue weighted by Gasteiger charge is -2.04. The largest absolute Gasteiger partial charge is 0.274 e. The molecule has 6 heteroatoms. The minimum absolute atomic E-state index is 0.138. The summed E-state index contributed by atoms with van der Waals surface area (Å²) >= 11 is 3.35. The molecule has 0 aliphatic heterocycles. The fourth-order valence-electron chi connectivity index (χ4n) is 1.53. The zero-order chi connectivity index (χ0) is 12.4. The summed E-state index contributed by atoms with van der Waals surface area (Å²) in [5.74, 6) is 0.439. The van der Waals surface area contributed by atoms with E-state index in [-0.39, 0.29) is 5.56 Å². The summed E-state index contributed by atoms with van der Waals surface area (Å²) < 4.78 is 13.3. The molecule has 2 aromatic rings. The van der Waals surface area contributed by atoms with Gasteiger partial charge in [0.15, 0.2) is 0 Å². The Labute approximate surface area is 109 Å². The summed E-state index contributed by atoms with van der Waals surface area (Å²) in [7, 11) is -0.919. The monoisotopic (exact) mass is 314 g/mol. The highest BCUT2D eigenvalue weighted by Gasteiger charge is 2.04. The zero-order valence-corrected chi connectivity index (χ0v) is 11.6. The molecule has 0 aliphatic carbocycles. The fourth-order valence-corrected chi connectivity index (χ4v) is 2.34. The Hall–Kier alpha value is -1.01. The number of hydrogen-bond acceptors (Lipinski definition) is 3. The Balaban J connectivity index is 2.47. The molecule has 1 atom stereocenters. The van der Waals surface area contributed by atoms with Gasteiger partial charge >= 0.3 is 0 Å². The average Bonchev–Trinajstić information content (AvgIpc) is 2.27. The van der Waals surface area contributed by atoms with Gasteiger partial charge < -0.3 is 0 Å². The molecule has 0 bridgehead atoms. The van der Waals surface area contributed by atoms with E-state index in [0.717, 1.165) is 9.86 Å². The summed E-state index contributed by atoms with van der Waals surface area (Å²) in [6.45, 7) is 0.383. The molecule has 1 aromatic carbocycles. The van der Waals surface area contributed by atoms with Crippen molar-refractivity contribution in [3.63, 3.8) is 0 Å². The van der Waals surface area contributed by atoms with Crippen molar-refractivity contribution in [3.8, 4) is 0 Å². The van der Waals surface area contributed by atoms with E-state index >= 15 is 0 Å². The number of benzene rings is 1. The van der Waals surface area contributed by atoms with Crippen LogP contribution in [-0.4, -0.2) is 26.0 Å². The van der Waals surface area contributed by atoms with Crippen LogP contribution in [0.2, 0.25) is 0 Å². The second-order valence-electron chi connectivity index (χ2n) is 3.68. The number of halogens is 1. The Bertz CT molecular complexity index is 639. The van der Waals surface area contributed by atoms with Gasteiger partial charge in [0.2, 0.25) is 0 Å². The number of aryl methyl sites for hydroxylation is 1. The molecule has 4 nitrogen and oxygen atoms in total. The Morgan fingerprint density at radius 3 is 2.94 bits per heavy atom. The molecule has 0 saturated carbocycles. The second-order valence-corrected chi connectivity index (χ2v) is 6.15. The first-order chi connectivity index (χ1) is 8.08. The molecule has 0 radical (unpaired) electrons. The van der Waals surface area contributed by atoms with E-state index in [1.165, 1.54) is 4.68 Å². The van der Waals surface area contributed by atoms with Gasteiger partial charge in [-0.05, 0) is 18.2 Å². The highest BCUT2D eigenvalue weighted by molar-refractivity contribution is 9.10. The molecule has 2 rings (SSSR count). The van der Waals surface area contributed by atoms with Crippen molar-refractivity contribution < 1.29 is 4.21 Å². The molecule has 0 aliphatic rings. The van der Waals surface area contributed by atoms with Gasteiger partial charge in [-0.25, -0.2) is 4.68 Å². The predicted molar refractivity (Wildman–Crippen MR) is 72.6 cm³/mol. The van der Waals surface area contributed by atoms with Crippen LogP contribution in [0.5, 0.6) is 0 Å². The van der Waals surface area contributed by atoms with Crippen LogP contribution in [0.25, 0.3) is 10.8 Å². The maximum Gasteiger partial charge on any atom is 0.274 e. The first-order valence-electron chi connectivity index (χ1n) is 5.03. The second kappa shape index (κ2) is 5.10. The van der Waals surface area contributed by atoms with Crippen LogP contribution in [0.3, 0.4) is 0 Å². The van der Waals surface area contributed by atoms with Crippen molar-refractivity contribution in [2.45, 2.75) is 6.54 Å². The first kappa shape index (κ1) is 12.4. The Morgan fingerprint density at radius 2 is 2.24 bits per heavy atom. The molecule has 17 heavy (non-hydrogen) atoms. The summed E-state index contributed by atoms with van der Waals surface area (Å²) in [6, 6.07) is 5.45. The van der Waals surface area contributed by atoms with Crippen molar-refractivity contribution in [1.29, 1.82) is 0 Å². The van der Waals surface area contributed by atoms with Crippen molar-refractivity contribution in [1.82, 2.24) is 9.78 Å². The van der Waals surface area contributed by atoms with Crippen LogP contribution in [0.1, 0.15) is 0 Å². The molecule has 1 aromatic heterocycles. The highest BCUT2D eigenvalue weighted by Crippen LogP contribution is 2.15. The minimum Gasteiger partial charge on any atom is -0.267 e. The fraction of sp³-hybridized carbons (Fsp3) is 0.273. The summed E-state index contributed by atoms with van der Waals surface area (Å²) in [4.78, 5) is 12.0. The lowest BCUT2D eigenvalue weighted by atomic mass is 10.2. The van der Waals surface area contributed by atoms with Crippen LogP contribution in [0.4, 0.5) is 0 Å². The summed E-state index contributed by atoms with van der Waals surface area (Å²) in [5.41, 5.74) is -0.138. The van der Waals surface area contributed by atoms with Crippen LogP contribution in [-0.2, 0) is 17.3 Å². The van der Waals surface area contributed by atoms with Gasteiger partial charge in [-0.1, -0.05) is 15.9 Å². The smallest absolute Gasteiger partial charge is 0.267 e. The van der Waals surface area contributed by atoms with Crippen molar-refractivity contribution >= 4 is 37.5 Å². The van der Waals surface area contributed by atoms with Crippen molar-refractivity contribution in [3.05, 3.63) is 39.2 Å². The van der Waals surface area contributed by atoms with E-state index in [0.29, 0.717) is 17.7 Å². The third kappa shape index (κ3) is 2.81. The Morgan fingerprint density at radius 1 is 1.47 bits per heavy atom. The normalized spacial score (nSPS) is 12.8. The molecular formula is C11H11BrN2O2S. The maximum atomic E-state index is 12.0. The zero-order valence-electron chi connectivity index (χ0n) is 9.22. The van der Waals surface area contributed by atoms with E-state index in [2.05, 4.69) is 21.0 Å². The van der Waals surface area contributed by atoms with E-state index in [9.17, 15) is 9.00 Å². The number of rotatable bonds is 3. The van der Waals surface area contributed by atoms with Gasteiger partial charge in [-0.15, -0.1) is 0 Å². The molecule has 0 saturated heterocycles. The molecule has 0 spiro atoms. The molecule has 0 N–H and O–H groups in total. The average molecular weight is 315 g/mol. The van der Waals surface area contributed by atoms with Gasteiger partial charge in [0.05, 0.1) is 18.1 Å². The standard InChI is InChI=1S/C11H11BrN2O2S/c1-17(16)5-4-14-11(15)10-3-2-9(12)6-8(10)7-13-14/h2-3,6-7H,4-5H2,1H3. The molecular weight excluding hydrogens is 304 g/mol. The van der Waals surface area contributed by atoms with Gasteiger partial charge in [0.25, 0.3) is 5.56 Å². The lowest BCUT2D eigenvalue weighted by Crippen LogP contribution is -2.25. The molecule has 1 heterocycles. The van der Waals surface area contributed by atoms with Crippen LogP contribution < -0.4 is 5.56 Å². The van der Waals surface area contributed by atoms with Crippen LogP contribution in [0, 0.1) is 0 Å². The van der Waals surface area contributed by atoms with Crippen LogP contribution >= 0.6 is 15.9 Å². The van der Waals surface area contributed by atoms with Gasteiger partial charge in [-0.2, -0.15) is 5.10 Å². The summed E-state index contributed by atoms with van der Waals surface area (Å²) in [6.07, 6.45) is 3.27. The molecule has 1 unspecified atom stereocenters. The molecule has 90 valence electrons.